The Labute approximate surface area is 193 Å². The zero-order chi connectivity index (χ0) is 23.3. The topological polar surface area (TPSA) is 101 Å². The number of nitrogens with two attached hydrogens (primary N) is 1. The van der Waals surface area contributed by atoms with Crippen LogP contribution in [0.3, 0.4) is 0 Å². The zero-order valence-corrected chi connectivity index (χ0v) is 18.7. The number of halogens is 2. The maximum Gasteiger partial charge on any atom is 0.313 e. The maximum atomic E-state index is 14.7. The molecule has 1 aromatic carbocycles. The summed E-state index contributed by atoms with van der Waals surface area (Å²) in [4.78, 5) is 35.6. The first-order valence-electron chi connectivity index (χ1n) is 10.8. The lowest BCUT2D eigenvalue weighted by Crippen LogP contribution is -2.52. The minimum Gasteiger partial charge on any atom is -0.383 e. The molecule has 7 nitrogen and oxygen atoms in total. The predicted octanol–water partition coefficient (Wildman–Crippen LogP) is 4.33. The number of hydrogen-bond donors (Lipinski definition) is 2. The van der Waals surface area contributed by atoms with E-state index in [1.807, 2.05) is 0 Å². The number of nitrogen functional groups attached to an aromatic ring is 1. The second kappa shape index (κ2) is 8.02. The highest BCUT2D eigenvalue weighted by Crippen LogP contribution is 2.44. The van der Waals surface area contributed by atoms with Crippen LogP contribution in [0.2, 0.25) is 0 Å². The third-order valence-electron chi connectivity index (χ3n) is 6.45. The Morgan fingerprint density at radius 3 is 2.79 bits per heavy atom. The Morgan fingerprint density at radius 2 is 2.03 bits per heavy atom. The standard InChI is InChI=1S/C23H23F2N5O2S/c1-12-10-30(18(8-23(12,24)25)14-4-5-19-17(6-14)28-11-33-19)22(32)21(31)29-15-7-16(13-2-3-13)20(26)27-9-15/h4-7,9,11-13,18H,2-3,8,10H2,1H3,(H2,26,27)(H,29,31)/t12-,18-/m1/s1. The number of nitrogens with zero attached hydrogens (tertiary/aromatic N) is 3. The van der Waals surface area contributed by atoms with Crippen LogP contribution >= 0.6 is 11.3 Å². The number of aromatic nitrogens is 2. The van der Waals surface area contributed by atoms with Crippen LogP contribution in [0.5, 0.6) is 0 Å². The number of alkyl halides is 2. The van der Waals surface area contributed by atoms with E-state index >= 15 is 0 Å². The summed E-state index contributed by atoms with van der Waals surface area (Å²) >= 11 is 1.45. The summed E-state index contributed by atoms with van der Waals surface area (Å²) in [5.74, 6) is -5.06. The van der Waals surface area contributed by atoms with Crippen molar-refractivity contribution in [2.45, 2.75) is 44.1 Å². The quantitative estimate of drug-likeness (QED) is 0.554. The molecule has 2 aliphatic rings. The molecule has 2 atom stereocenters. The molecule has 5 rings (SSSR count). The molecule has 2 amide bonds. The molecule has 2 fully saturated rings. The van der Waals surface area contributed by atoms with Crippen LogP contribution in [0.1, 0.15) is 49.3 Å². The number of pyridine rings is 1. The number of rotatable bonds is 3. The Balaban J connectivity index is 1.41. The Bertz CT molecular complexity index is 1240. The lowest BCUT2D eigenvalue weighted by Gasteiger charge is -2.42. The van der Waals surface area contributed by atoms with Crippen molar-refractivity contribution >= 4 is 44.9 Å². The van der Waals surface area contributed by atoms with E-state index in [-0.39, 0.29) is 6.54 Å². The molecule has 0 bridgehead atoms. The van der Waals surface area contributed by atoms with Gasteiger partial charge in [-0.3, -0.25) is 9.59 Å². The highest BCUT2D eigenvalue weighted by atomic mass is 32.1. The summed E-state index contributed by atoms with van der Waals surface area (Å²) in [6, 6.07) is 6.03. The molecule has 1 saturated heterocycles. The van der Waals surface area contributed by atoms with E-state index in [2.05, 4.69) is 15.3 Å². The van der Waals surface area contributed by atoms with Crippen LogP contribution in [0, 0.1) is 5.92 Å². The van der Waals surface area contributed by atoms with E-state index in [0.29, 0.717) is 28.5 Å². The third kappa shape index (κ3) is 4.15. The van der Waals surface area contributed by atoms with Gasteiger partial charge in [-0.15, -0.1) is 11.3 Å². The van der Waals surface area contributed by atoms with Gasteiger partial charge in [0.25, 0.3) is 5.92 Å². The fourth-order valence-corrected chi connectivity index (χ4v) is 4.99. The molecule has 3 aromatic rings. The smallest absolute Gasteiger partial charge is 0.313 e. The molecule has 33 heavy (non-hydrogen) atoms. The van der Waals surface area contributed by atoms with Crippen LogP contribution in [-0.2, 0) is 9.59 Å². The average Bonchev–Trinajstić information content (AvgIpc) is 3.52. The van der Waals surface area contributed by atoms with E-state index in [0.717, 1.165) is 23.1 Å². The number of anilines is 2. The van der Waals surface area contributed by atoms with Crippen molar-refractivity contribution in [2.75, 3.05) is 17.6 Å². The van der Waals surface area contributed by atoms with Gasteiger partial charge in [0.1, 0.15) is 5.82 Å². The SMILES string of the molecule is C[C@@H]1CN(C(=O)C(=O)Nc2cnc(N)c(C3CC3)c2)[C@@H](c2ccc3scnc3c2)CC1(F)F. The second-order valence-electron chi connectivity index (χ2n) is 8.85. The van der Waals surface area contributed by atoms with Gasteiger partial charge in [-0.2, -0.15) is 0 Å². The molecule has 3 heterocycles. The Kier molecular flexibility index (Phi) is 5.27. The molecule has 172 valence electrons. The molecule has 0 spiro atoms. The first kappa shape index (κ1) is 21.7. The lowest BCUT2D eigenvalue weighted by atomic mass is 9.86. The number of carbonyl (C=O) groups is 2. The summed E-state index contributed by atoms with van der Waals surface area (Å²) in [5, 5.41) is 2.58. The van der Waals surface area contributed by atoms with Crippen molar-refractivity contribution in [3.8, 4) is 0 Å². The van der Waals surface area contributed by atoms with Crippen LogP contribution in [0.25, 0.3) is 10.2 Å². The van der Waals surface area contributed by atoms with Crippen molar-refractivity contribution < 1.29 is 18.4 Å². The number of carbonyl (C=O) groups excluding carboxylic acids is 2. The molecular weight excluding hydrogens is 448 g/mol. The van der Waals surface area contributed by atoms with E-state index < -0.39 is 36.1 Å². The molecule has 1 aliphatic heterocycles. The molecule has 10 heteroatoms. The van der Waals surface area contributed by atoms with Gasteiger partial charge in [0, 0.05) is 18.9 Å². The van der Waals surface area contributed by atoms with Crippen LogP contribution < -0.4 is 11.1 Å². The Hall–Kier alpha value is -3.14. The van der Waals surface area contributed by atoms with E-state index in [4.69, 9.17) is 5.73 Å². The minimum atomic E-state index is -2.96. The van der Waals surface area contributed by atoms with Crippen LogP contribution in [0.4, 0.5) is 20.3 Å². The summed E-state index contributed by atoms with van der Waals surface area (Å²) in [6.45, 7) is 1.16. The molecule has 2 aromatic heterocycles. The molecule has 0 radical (unpaired) electrons. The summed E-state index contributed by atoms with van der Waals surface area (Å²) in [6.07, 6.45) is 2.85. The van der Waals surface area contributed by atoms with Gasteiger partial charge in [0.05, 0.1) is 33.7 Å². The molecule has 3 N–H and O–H groups in total. The minimum absolute atomic E-state index is 0.230. The summed E-state index contributed by atoms with van der Waals surface area (Å²) in [7, 11) is 0. The highest BCUT2D eigenvalue weighted by Gasteiger charge is 2.48. The number of likely N-dealkylation sites (tertiary alicyclic amines) is 1. The van der Waals surface area contributed by atoms with Crippen LogP contribution in [0.15, 0.2) is 36.0 Å². The van der Waals surface area contributed by atoms with Gasteiger partial charge in [-0.05, 0) is 48.1 Å². The van der Waals surface area contributed by atoms with E-state index in [9.17, 15) is 18.4 Å². The Morgan fingerprint density at radius 1 is 1.24 bits per heavy atom. The number of benzene rings is 1. The van der Waals surface area contributed by atoms with Gasteiger partial charge >= 0.3 is 11.8 Å². The van der Waals surface area contributed by atoms with Gasteiger partial charge in [0.2, 0.25) is 0 Å². The van der Waals surface area contributed by atoms with Crippen molar-refractivity contribution in [1.29, 1.82) is 0 Å². The van der Waals surface area contributed by atoms with Gasteiger partial charge < -0.3 is 16.0 Å². The number of thiazole rings is 1. The van der Waals surface area contributed by atoms with Crippen molar-refractivity contribution in [3.63, 3.8) is 0 Å². The highest BCUT2D eigenvalue weighted by molar-refractivity contribution is 7.16. The zero-order valence-electron chi connectivity index (χ0n) is 17.9. The number of nitrogens with one attached hydrogen (secondary N) is 1. The summed E-state index contributed by atoms with van der Waals surface area (Å²) < 4.78 is 30.3. The number of hydrogen-bond acceptors (Lipinski definition) is 6. The number of piperidine rings is 1. The van der Waals surface area contributed by atoms with Crippen molar-refractivity contribution in [3.05, 3.63) is 47.1 Å². The van der Waals surface area contributed by atoms with E-state index in [1.165, 1.54) is 29.4 Å². The number of amides is 2. The van der Waals surface area contributed by atoms with Crippen molar-refractivity contribution in [2.24, 2.45) is 5.92 Å². The molecule has 1 aliphatic carbocycles. The lowest BCUT2D eigenvalue weighted by molar-refractivity contribution is -0.159. The first-order chi connectivity index (χ1) is 15.7. The molecule has 0 unspecified atom stereocenters. The molecule has 1 saturated carbocycles. The maximum absolute atomic E-state index is 14.7. The second-order valence-corrected chi connectivity index (χ2v) is 9.73. The van der Waals surface area contributed by atoms with Gasteiger partial charge in [-0.1, -0.05) is 13.0 Å². The van der Waals surface area contributed by atoms with Crippen molar-refractivity contribution in [1.82, 2.24) is 14.9 Å². The monoisotopic (exact) mass is 471 g/mol. The van der Waals surface area contributed by atoms with E-state index in [1.54, 1.807) is 29.8 Å². The number of fused-ring (bicyclic) bond motifs is 1. The third-order valence-corrected chi connectivity index (χ3v) is 7.26. The summed E-state index contributed by atoms with van der Waals surface area (Å²) in [5.41, 5.74) is 10.0. The fraction of sp³-hybridized carbons (Fsp3) is 0.391. The molecular formula is C23H23F2N5O2S. The first-order valence-corrected chi connectivity index (χ1v) is 11.7. The normalized spacial score (nSPS) is 22.3. The average molecular weight is 472 g/mol. The fourth-order valence-electron chi connectivity index (χ4n) is 4.33. The van der Waals surface area contributed by atoms with Crippen LogP contribution in [-0.4, -0.2) is 39.1 Å². The van der Waals surface area contributed by atoms with Gasteiger partial charge in [0.15, 0.2) is 0 Å². The van der Waals surface area contributed by atoms with Gasteiger partial charge in [-0.25, -0.2) is 18.7 Å². The largest absolute Gasteiger partial charge is 0.383 e. The predicted molar refractivity (Wildman–Crippen MR) is 122 cm³/mol.